The van der Waals surface area contributed by atoms with E-state index < -0.39 is 0 Å². The van der Waals surface area contributed by atoms with Crippen LogP contribution in [0.3, 0.4) is 0 Å². The molecule has 1 aromatic heterocycles. The van der Waals surface area contributed by atoms with Gasteiger partial charge in [-0.25, -0.2) is 4.79 Å². The van der Waals surface area contributed by atoms with Gasteiger partial charge < -0.3 is 20.9 Å². The summed E-state index contributed by atoms with van der Waals surface area (Å²) in [5.41, 5.74) is 4.55. The van der Waals surface area contributed by atoms with E-state index in [9.17, 15) is 4.79 Å². The smallest absolute Gasteiger partial charge is 0.323 e. The maximum atomic E-state index is 12.3. The molecule has 3 N–H and O–H groups in total. The van der Waals surface area contributed by atoms with E-state index in [0.29, 0.717) is 11.5 Å². The second-order valence-corrected chi connectivity index (χ2v) is 8.30. The number of amides is 2. The Morgan fingerprint density at radius 1 is 0.867 bits per heavy atom. The van der Waals surface area contributed by atoms with Crippen molar-refractivity contribution in [1.82, 2.24) is 10.2 Å². The van der Waals surface area contributed by atoms with Gasteiger partial charge in [-0.2, -0.15) is 5.10 Å². The predicted octanol–water partition coefficient (Wildman–Crippen LogP) is 5.23. The van der Waals surface area contributed by atoms with Crippen LogP contribution in [-0.2, 0) is 5.41 Å². The molecule has 0 radical (unpaired) electrons. The molecule has 0 aliphatic carbocycles. The van der Waals surface area contributed by atoms with Crippen molar-refractivity contribution < 1.29 is 4.79 Å². The first kappa shape index (κ1) is 21.1. The maximum absolute atomic E-state index is 12.3. The zero-order valence-electron chi connectivity index (χ0n) is 18.0. The lowest BCUT2D eigenvalue weighted by atomic mass is 9.87. The second kappa shape index (κ2) is 8.82. The molecule has 0 saturated carbocycles. The Morgan fingerprint density at radius 3 is 1.93 bits per heavy atom. The van der Waals surface area contributed by atoms with Crippen LogP contribution in [0.2, 0.25) is 0 Å². The van der Waals surface area contributed by atoms with Crippen LogP contribution in [0.1, 0.15) is 26.3 Å². The fraction of sp³-hybridized carbons (Fsp3) is 0.261. The first-order valence-corrected chi connectivity index (χ1v) is 9.76. The molecule has 0 spiro atoms. The molecule has 0 aliphatic heterocycles. The van der Waals surface area contributed by atoms with E-state index >= 15 is 0 Å². The van der Waals surface area contributed by atoms with Crippen molar-refractivity contribution in [3.63, 3.8) is 0 Å². The monoisotopic (exact) mass is 404 g/mol. The molecule has 0 saturated heterocycles. The van der Waals surface area contributed by atoms with Crippen LogP contribution in [0.25, 0.3) is 0 Å². The van der Waals surface area contributed by atoms with Gasteiger partial charge in [0, 0.05) is 37.2 Å². The van der Waals surface area contributed by atoms with Crippen molar-refractivity contribution >= 4 is 34.6 Å². The molecule has 0 atom stereocenters. The SMILES string of the molecule is CN(C)c1cnnc(Nc2ccc(NC(=O)Nc3ccc(C(C)(C)C)cc3)cc2)c1. The number of carbonyl (C=O) groups excluding carboxylic acids is 1. The summed E-state index contributed by atoms with van der Waals surface area (Å²) in [6.07, 6.45) is 1.70. The first-order valence-electron chi connectivity index (χ1n) is 9.76. The second-order valence-electron chi connectivity index (χ2n) is 8.30. The summed E-state index contributed by atoms with van der Waals surface area (Å²) in [6.45, 7) is 6.48. The molecule has 7 nitrogen and oxygen atoms in total. The summed E-state index contributed by atoms with van der Waals surface area (Å²) in [6, 6.07) is 16.9. The lowest BCUT2D eigenvalue weighted by molar-refractivity contribution is 0.262. The minimum atomic E-state index is -0.288. The minimum Gasteiger partial charge on any atom is -0.376 e. The van der Waals surface area contributed by atoms with Gasteiger partial charge in [-0.1, -0.05) is 32.9 Å². The van der Waals surface area contributed by atoms with Crippen molar-refractivity contribution in [3.8, 4) is 0 Å². The van der Waals surface area contributed by atoms with Crippen LogP contribution in [0.15, 0.2) is 60.8 Å². The van der Waals surface area contributed by atoms with Crippen molar-refractivity contribution in [2.24, 2.45) is 0 Å². The number of hydrogen-bond donors (Lipinski definition) is 3. The van der Waals surface area contributed by atoms with Gasteiger partial charge in [0.1, 0.15) is 0 Å². The lowest BCUT2D eigenvalue weighted by Crippen LogP contribution is -2.19. The van der Waals surface area contributed by atoms with Gasteiger partial charge in [0.15, 0.2) is 5.82 Å². The highest BCUT2D eigenvalue weighted by Gasteiger charge is 2.13. The zero-order valence-corrected chi connectivity index (χ0v) is 18.0. The Labute approximate surface area is 177 Å². The summed E-state index contributed by atoms with van der Waals surface area (Å²) in [5, 5.41) is 17.0. The van der Waals surface area contributed by atoms with Crippen molar-refractivity contribution in [3.05, 3.63) is 66.4 Å². The van der Waals surface area contributed by atoms with Crippen LogP contribution in [0, 0.1) is 0 Å². The third kappa shape index (κ3) is 5.70. The molecule has 7 heteroatoms. The fourth-order valence-corrected chi connectivity index (χ4v) is 2.79. The molecule has 0 fully saturated rings. The summed E-state index contributed by atoms with van der Waals surface area (Å²) in [4.78, 5) is 14.2. The van der Waals surface area contributed by atoms with Crippen molar-refractivity contribution in [2.75, 3.05) is 34.9 Å². The Balaban J connectivity index is 1.57. The highest BCUT2D eigenvalue weighted by Crippen LogP contribution is 2.24. The van der Waals surface area contributed by atoms with E-state index in [0.717, 1.165) is 17.1 Å². The van der Waals surface area contributed by atoms with Crippen LogP contribution in [-0.4, -0.2) is 30.3 Å². The normalized spacial score (nSPS) is 11.0. The van der Waals surface area contributed by atoms with Gasteiger partial charge >= 0.3 is 6.03 Å². The number of anilines is 5. The van der Waals surface area contributed by atoms with E-state index in [1.54, 1.807) is 6.20 Å². The average molecular weight is 405 g/mol. The average Bonchev–Trinajstić information content (AvgIpc) is 2.69. The van der Waals surface area contributed by atoms with Gasteiger partial charge in [-0.15, -0.1) is 5.10 Å². The molecule has 0 bridgehead atoms. The molecule has 156 valence electrons. The molecule has 0 aliphatic rings. The standard InChI is InChI=1S/C23H28N6O/c1-23(2,3)16-6-8-18(9-7-16)26-22(30)27-19-12-10-17(11-13-19)25-21-14-20(29(4)5)15-24-28-21/h6-15H,1-5H3,(H,25,28)(H2,26,27,30). The summed E-state index contributed by atoms with van der Waals surface area (Å²) in [7, 11) is 3.90. The van der Waals surface area contributed by atoms with Crippen molar-refractivity contribution in [1.29, 1.82) is 0 Å². The number of urea groups is 1. The summed E-state index contributed by atoms with van der Waals surface area (Å²) in [5.74, 6) is 0.651. The van der Waals surface area contributed by atoms with Gasteiger partial charge in [-0.05, 0) is 47.4 Å². The van der Waals surface area contributed by atoms with Crippen molar-refractivity contribution in [2.45, 2.75) is 26.2 Å². The molecule has 2 aromatic carbocycles. The molecular weight excluding hydrogens is 376 g/mol. The molecule has 3 rings (SSSR count). The molecule has 2 amide bonds. The van der Waals surface area contributed by atoms with Gasteiger partial charge in [0.05, 0.1) is 11.9 Å². The highest BCUT2D eigenvalue weighted by atomic mass is 16.2. The molecular formula is C23H28N6O. The van der Waals surface area contributed by atoms with E-state index in [-0.39, 0.29) is 11.4 Å². The maximum Gasteiger partial charge on any atom is 0.323 e. The van der Waals surface area contributed by atoms with Crippen LogP contribution < -0.4 is 20.9 Å². The molecule has 1 heterocycles. The Bertz CT molecular complexity index is 991. The molecule has 3 aromatic rings. The Morgan fingerprint density at radius 2 is 1.40 bits per heavy atom. The third-order valence-corrected chi connectivity index (χ3v) is 4.58. The fourth-order valence-electron chi connectivity index (χ4n) is 2.79. The summed E-state index contributed by atoms with van der Waals surface area (Å²) < 4.78 is 0. The summed E-state index contributed by atoms with van der Waals surface area (Å²) >= 11 is 0. The largest absolute Gasteiger partial charge is 0.376 e. The molecule has 0 unspecified atom stereocenters. The number of aromatic nitrogens is 2. The third-order valence-electron chi connectivity index (χ3n) is 4.58. The van der Waals surface area contributed by atoms with E-state index in [2.05, 4.69) is 46.9 Å². The lowest BCUT2D eigenvalue weighted by Gasteiger charge is -2.19. The van der Waals surface area contributed by atoms with E-state index in [1.807, 2.05) is 73.6 Å². The van der Waals surface area contributed by atoms with E-state index in [1.165, 1.54) is 5.56 Å². The van der Waals surface area contributed by atoms with Gasteiger partial charge in [0.2, 0.25) is 0 Å². The molecule has 30 heavy (non-hydrogen) atoms. The number of benzene rings is 2. The zero-order chi connectivity index (χ0) is 21.7. The number of nitrogens with zero attached hydrogens (tertiary/aromatic N) is 3. The first-order chi connectivity index (χ1) is 14.2. The minimum absolute atomic E-state index is 0.0793. The number of carbonyl (C=O) groups is 1. The Hall–Kier alpha value is -3.61. The number of nitrogens with one attached hydrogen (secondary N) is 3. The topological polar surface area (TPSA) is 82.2 Å². The van der Waals surface area contributed by atoms with Crippen LogP contribution in [0.5, 0.6) is 0 Å². The number of rotatable bonds is 5. The number of hydrogen-bond acceptors (Lipinski definition) is 5. The van der Waals surface area contributed by atoms with Gasteiger partial charge in [-0.3, -0.25) is 0 Å². The van der Waals surface area contributed by atoms with Crippen LogP contribution in [0.4, 0.5) is 33.4 Å². The highest BCUT2D eigenvalue weighted by molar-refractivity contribution is 5.99. The quantitative estimate of drug-likeness (QED) is 0.543. The van der Waals surface area contributed by atoms with Gasteiger partial charge in [0.25, 0.3) is 0 Å². The van der Waals surface area contributed by atoms with Crippen LogP contribution >= 0.6 is 0 Å². The van der Waals surface area contributed by atoms with E-state index in [4.69, 9.17) is 0 Å². The predicted molar refractivity (Wildman–Crippen MR) is 124 cm³/mol. The Kier molecular flexibility index (Phi) is 6.20.